The third kappa shape index (κ3) is 5.56. The number of nitrogens with zero attached hydrogens (tertiary/aromatic N) is 2. The van der Waals surface area contributed by atoms with Crippen LogP contribution in [-0.2, 0) is 10.0 Å². The van der Waals surface area contributed by atoms with Crippen molar-refractivity contribution in [1.29, 1.82) is 0 Å². The summed E-state index contributed by atoms with van der Waals surface area (Å²) in [6.45, 7) is 2.23. The first-order valence-corrected chi connectivity index (χ1v) is 9.89. The summed E-state index contributed by atoms with van der Waals surface area (Å²) in [5.41, 5.74) is 0.0853. The highest BCUT2D eigenvalue weighted by Gasteiger charge is 2.16. The molecule has 144 valence electrons. The molecular formula is C16H15Cl2N3O5S. The Morgan fingerprint density at radius 1 is 1.22 bits per heavy atom. The number of nitro groups is 1. The van der Waals surface area contributed by atoms with Crippen LogP contribution in [0.25, 0.3) is 0 Å². The fraction of sp³-hybridized carbons (Fsp3) is 0.188. The van der Waals surface area contributed by atoms with Gasteiger partial charge in [0.05, 0.1) is 32.7 Å². The zero-order chi connectivity index (χ0) is 20.0. The van der Waals surface area contributed by atoms with Gasteiger partial charge >= 0.3 is 5.69 Å². The van der Waals surface area contributed by atoms with Crippen LogP contribution in [0.2, 0.25) is 10.0 Å². The molecule has 2 aromatic carbocycles. The van der Waals surface area contributed by atoms with Gasteiger partial charge in [-0.2, -0.15) is 13.5 Å². The predicted molar refractivity (Wildman–Crippen MR) is 103 cm³/mol. The van der Waals surface area contributed by atoms with Crippen molar-refractivity contribution in [3.05, 3.63) is 62.1 Å². The zero-order valence-corrected chi connectivity index (χ0v) is 16.4. The van der Waals surface area contributed by atoms with E-state index in [0.717, 1.165) is 6.21 Å². The fourth-order valence-corrected chi connectivity index (χ4v) is 3.14. The van der Waals surface area contributed by atoms with Crippen LogP contribution in [0.3, 0.4) is 0 Å². The maximum Gasteiger partial charge on any atom is 0.311 e. The highest BCUT2D eigenvalue weighted by atomic mass is 35.5. The largest absolute Gasteiger partial charge is 0.487 e. The van der Waals surface area contributed by atoms with Crippen molar-refractivity contribution in [2.45, 2.75) is 18.2 Å². The van der Waals surface area contributed by atoms with Gasteiger partial charge < -0.3 is 4.74 Å². The fourth-order valence-electron chi connectivity index (χ4n) is 1.96. The topological polar surface area (TPSA) is 111 Å². The van der Waals surface area contributed by atoms with E-state index in [4.69, 9.17) is 27.9 Å². The summed E-state index contributed by atoms with van der Waals surface area (Å²) in [4.78, 5) is 12.5. The Hall–Kier alpha value is -2.36. The predicted octanol–water partition coefficient (Wildman–Crippen LogP) is 4.00. The van der Waals surface area contributed by atoms with Crippen molar-refractivity contribution in [2.75, 3.05) is 6.61 Å². The highest BCUT2D eigenvalue weighted by Crippen LogP contribution is 2.28. The van der Waals surface area contributed by atoms with Gasteiger partial charge in [-0.05, 0) is 36.8 Å². The molecule has 0 spiro atoms. The molecule has 0 amide bonds. The second-order valence-corrected chi connectivity index (χ2v) is 7.74. The normalized spacial score (nSPS) is 11.5. The van der Waals surface area contributed by atoms with Crippen molar-refractivity contribution in [2.24, 2.45) is 5.10 Å². The van der Waals surface area contributed by atoms with Crippen LogP contribution in [-0.4, -0.2) is 26.2 Å². The Morgan fingerprint density at radius 3 is 2.59 bits per heavy atom. The number of nitro benzene ring substituents is 1. The number of hydrazone groups is 1. The van der Waals surface area contributed by atoms with Crippen LogP contribution in [0.4, 0.5) is 5.69 Å². The minimum atomic E-state index is -3.97. The van der Waals surface area contributed by atoms with E-state index >= 15 is 0 Å². The molecule has 0 unspecified atom stereocenters. The summed E-state index contributed by atoms with van der Waals surface area (Å²) in [7, 11) is -3.97. The van der Waals surface area contributed by atoms with E-state index in [9.17, 15) is 18.5 Å². The summed E-state index contributed by atoms with van der Waals surface area (Å²) in [6.07, 6.45) is 1.85. The minimum Gasteiger partial charge on any atom is -0.487 e. The van der Waals surface area contributed by atoms with Gasteiger partial charge in [0.15, 0.2) is 5.75 Å². The molecule has 0 aliphatic carbocycles. The molecule has 2 aromatic rings. The number of halogens is 2. The van der Waals surface area contributed by atoms with E-state index in [1.165, 1.54) is 36.4 Å². The van der Waals surface area contributed by atoms with Gasteiger partial charge in [-0.25, -0.2) is 4.83 Å². The van der Waals surface area contributed by atoms with Crippen molar-refractivity contribution in [3.63, 3.8) is 0 Å². The molecule has 0 aliphatic rings. The van der Waals surface area contributed by atoms with Gasteiger partial charge in [-0.1, -0.05) is 30.1 Å². The van der Waals surface area contributed by atoms with Gasteiger partial charge in [0, 0.05) is 11.6 Å². The van der Waals surface area contributed by atoms with Crippen LogP contribution < -0.4 is 9.57 Å². The number of hydrogen-bond donors (Lipinski definition) is 1. The molecule has 2 rings (SSSR count). The van der Waals surface area contributed by atoms with Gasteiger partial charge in [0.1, 0.15) is 0 Å². The summed E-state index contributed by atoms with van der Waals surface area (Å²) < 4.78 is 29.7. The van der Waals surface area contributed by atoms with E-state index < -0.39 is 14.9 Å². The molecule has 0 atom stereocenters. The van der Waals surface area contributed by atoms with E-state index in [1.54, 1.807) is 0 Å². The smallest absolute Gasteiger partial charge is 0.311 e. The Kier molecular flexibility index (Phi) is 7.00. The lowest BCUT2D eigenvalue weighted by molar-refractivity contribution is -0.385. The minimum absolute atomic E-state index is 0.0850. The van der Waals surface area contributed by atoms with Crippen LogP contribution in [0.5, 0.6) is 5.75 Å². The average Bonchev–Trinajstić information content (AvgIpc) is 2.62. The first kappa shape index (κ1) is 20.9. The number of benzene rings is 2. The third-order valence-corrected chi connectivity index (χ3v) is 5.19. The molecule has 0 heterocycles. The summed E-state index contributed by atoms with van der Waals surface area (Å²) in [6, 6.07) is 8.00. The second-order valence-electron chi connectivity index (χ2n) is 5.26. The van der Waals surface area contributed by atoms with Crippen molar-refractivity contribution < 1.29 is 18.1 Å². The summed E-state index contributed by atoms with van der Waals surface area (Å²) in [5, 5.41) is 15.1. The molecule has 0 bridgehead atoms. The van der Waals surface area contributed by atoms with Crippen molar-refractivity contribution >= 4 is 45.1 Å². The molecule has 0 aromatic heterocycles. The van der Waals surface area contributed by atoms with Crippen molar-refractivity contribution in [3.8, 4) is 5.75 Å². The molecule has 27 heavy (non-hydrogen) atoms. The number of ether oxygens (including phenoxy) is 1. The Morgan fingerprint density at radius 2 is 1.96 bits per heavy atom. The maximum atomic E-state index is 12.2. The van der Waals surface area contributed by atoms with E-state index in [0.29, 0.717) is 18.6 Å². The van der Waals surface area contributed by atoms with Crippen LogP contribution in [0.15, 0.2) is 46.4 Å². The van der Waals surface area contributed by atoms with Gasteiger partial charge in [-0.3, -0.25) is 10.1 Å². The standard InChI is InChI=1S/C16H15Cl2N3O5S/c1-2-7-26-16-6-3-11(8-15(16)21(22)23)10-19-20-27(24,25)12-4-5-13(17)14(18)9-12/h3-6,8-10,20H,2,7H2,1H3/b19-10+. The van der Waals surface area contributed by atoms with Gasteiger partial charge in [-0.15, -0.1) is 0 Å². The number of sulfonamides is 1. The molecule has 0 saturated carbocycles. The van der Waals surface area contributed by atoms with Crippen molar-refractivity contribution in [1.82, 2.24) is 4.83 Å². The first-order valence-electron chi connectivity index (χ1n) is 7.65. The van der Waals surface area contributed by atoms with Crippen LogP contribution in [0, 0.1) is 10.1 Å². The molecule has 0 fully saturated rings. The molecule has 0 saturated heterocycles. The van der Waals surface area contributed by atoms with Gasteiger partial charge in [0.25, 0.3) is 10.0 Å². The lowest BCUT2D eigenvalue weighted by Crippen LogP contribution is -2.18. The monoisotopic (exact) mass is 431 g/mol. The SMILES string of the molecule is CCCOc1ccc(/C=N/NS(=O)(=O)c2ccc(Cl)c(Cl)c2)cc1[N+](=O)[O-]. The Bertz CT molecular complexity index is 980. The number of nitrogens with one attached hydrogen (secondary N) is 1. The van der Waals surface area contributed by atoms with E-state index in [1.807, 2.05) is 11.8 Å². The van der Waals surface area contributed by atoms with E-state index in [-0.39, 0.29) is 26.4 Å². The maximum absolute atomic E-state index is 12.2. The first-order chi connectivity index (χ1) is 12.7. The average molecular weight is 432 g/mol. The van der Waals surface area contributed by atoms with E-state index in [2.05, 4.69) is 5.10 Å². The highest BCUT2D eigenvalue weighted by molar-refractivity contribution is 7.89. The number of rotatable bonds is 8. The number of hydrogen-bond acceptors (Lipinski definition) is 6. The molecule has 1 N–H and O–H groups in total. The summed E-state index contributed by atoms with van der Waals surface area (Å²) in [5.74, 6) is 0.135. The lowest BCUT2D eigenvalue weighted by Gasteiger charge is -2.06. The molecule has 8 nitrogen and oxygen atoms in total. The second kappa shape index (κ2) is 9.03. The molecule has 0 aliphatic heterocycles. The molecule has 0 radical (unpaired) electrons. The quantitative estimate of drug-likeness (QED) is 0.385. The zero-order valence-electron chi connectivity index (χ0n) is 14.1. The lowest BCUT2D eigenvalue weighted by atomic mass is 10.2. The Labute approximate surface area is 165 Å². The molecular weight excluding hydrogens is 417 g/mol. The Balaban J connectivity index is 2.18. The van der Waals surface area contributed by atoms with Crippen LogP contribution in [0.1, 0.15) is 18.9 Å². The van der Waals surface area contributed by atoms with Gasteiger partial charge in [0.2, 0.25) is 0 Å². The summed E-state index contributed by atoms with van der Waals surface area (Å²) >= 11 is 11.6. The third-order valence-electron chi connectivity index (χ3n) is 3.23. The molecule has 11 heteroatoms. The van der Waals surface area contributed by atoms with Crippen LogP contribution >= 0.6 is 23.2 Å².